The van der Waals surface area contributed by atoms with Crippen LogP contribution in [0.4, 0.5) is 4.39 Å². The number of amides is 1. The molecule has 0 spiro atoms. The lowest BCUT2D eigenvalue weighted by molar-refractivity contribution is -0.130. The van der Waals surface area contributed by atoms with Gasteiger partial charge in [0.05, 0.1) is 30.3 Å². The Morgan fingerprint density at radius 1 is 0.949 bits per heavy atom. The summed E-state index contributed by atoms with van der Waals surface area (Å²) in [4.78, 5) is 18.3. The molecule has 7 heteroatoms. The van der Waals surface area contributed by atoms with Gasteiger partial charge < -0.3 is 9.72 Å². The molecule has 194 valence electrons. The third-order valence-electron chi connectivity index (χ3n) is 6.90. The number of carbonyl (C=O) groups is 1. The lowest BCUT2D eigenvalue weighted by Gasteiger charge is -2.22. The molecule has 1 atom stereocenters. The second-order valence-corrected chi connectivity index (χ2v) is 10.3. The number of H-pyrrole nitrogens is 1. The fraction of sp³-hybridized carbons (Fsp3) is 0.125. The maximum Gasteiger partial charge on any atom is 0.253 e. The van der Waals surface area contributed by atoms with Crippen LogP contribution in [0.25, 0.3) is 22.2 Å². The van der Waals surface area contributed by atoms with Crippen molar-refractivity contribution in [3.05, 3.63) is 120 Å². The molecule has 39 heavy (non-hydrogen) atoms. The second-order valence-electron chi connectivity index (χ2n) is 9.31. The van der Waals surface area contributed by atoms with E-state index >= 15 is 0 Å². The monoisotopic (exact) mass is 535 g/mol. The van der Waals surface area contributed by atoms with Gasteiger partial charge in [-0.05, 0) is 59.2 Å². The highest BCUT2D eigenvalue weighted by Crippen LogP contribution is 2.39. The van der Waals surface area contributed by atoms with Crippen molar-refractivity contribution >= 4 is 34.3 Å². The van der Waals surface area contributed by atoms with E-state index in [1.54, 1.807) is 24.3 Å². The van der Waals surface area contributed by atoms with E-state index in [2.05, 4.69) is 23.2 Å². The van der Waals surface area contributed by atoms with E-state index in [1.165, 1.54) is 23.9 Å². The van der Waals surface area contributed by atoms with Gasteiger partial charge in [-0.2, -0.15) is 5.10 Å². The number of nitrogens with zero attached hydrogens (tertiary/aromatic N) is 2. The topological polar surface area (TPSA) is 57.7 Å². The minimum Gasteiger partial charge on any atom is -0.497 e. The van der Waals surface area contributed by atoms with Gasteiger partial charge in [0.1, 0.15) is 11.6 Å². The lowest BCUT2D eigenvalue weighted by Crippen LogP contribution is -2.28. The number of nitrogens with one attached hydrogen (secondary N) is 1. The number of methoxy groups -OCH3 is 1. The molecule has 2 heterocycles. The number of ether oxygens (including phenoxy) is 1. The average molecular weight is 536 g/mol. The van der Waals surface area contributed by atoms with Crippen molar-refractivity contribution < 1.29 is 13.9 Å². The van der Waals surface area contributed by atoms with Gasteiger partial charge >= 0.3 is 0 Å². The van der Waals surface area contributed by atoms with Gasteiger partial charge in [-0.3, -0.25) is 4.79 Å². The summed E-state index contributed by atoms with van der Waals surface area (Å²) < 4.78 is 19.0. The summed E-state index contributed by atoms with van der Waals surface area (Å²) in [7, 11) is 1.63. The summed E-state index contributed by atoms with van der Waals surface area (Å²) in [6.45, 7) is 0. The molecule has 5 aromatic rings. The van der Waals surface area contributed by atoms with E-state index < -0.39 is 0 Å². The molecule has 0 aliphatic carbocycles. The van der Waals surface area contributed by atoms with Gasteiger partial charge in [0, 0.05) is 22.2 Å². The molecule has 0 bridgehead atoms. The number of hydrazone groups is 1. The van der Waals surface area contributed by atoms with Crippen LogP contribution in [0.3, 0.4) is 0 Å². The van der Waals surface area contributed by atoms with E-state index in [9.17, 15) is 9.18 Å². The number of hydrogen-bond acceptors (Lipinski definition) is 4. The van der Waals surface area contributed by atoms with Crippen molar-refractivity contribution in [2.24, 2.45) is 5.10 Å². The lowest BCUT2D eigenvalue weighted by atomic mass is 9.98. The molecule has 4 aromatic carbocycles. The minimum atomic E-state index is -0.313. The molecule has 0 fully saturated rings. The van der Waals surface area contributed by atoms with Crippen LogP contribution >= 0.6 is 11.8 Å². The number of halogens is 1. The summed E-state index contributed by atoms with van der Waals surface area (Å²) in [5.41, 5.74) is 5.66. The van der Waals surface area contributed by atoms with Crippen LogP contribution in [0.1, 0.15) is 23.6 Å². The Balaban J connectivity index is 1.31. The minimum absolute atomic E-state index is 0.109. The molecule has 1 unspecified atom stereocenters. The molecular formula is C32H26FN3O2S. The first-order chi connectivity index (χ1) is 19.1. The van der Waals surface area contributed by atoms with E-state index in [4.69, 9.17) is 9.84 Å². The molecular weight excluding hydrogens is 509 g/mol. The summed E-state index contributed by atoms with van der Waals surface area (Å²) in [5.74, 6) is 0.541. The first-order valence-corrected chi connectivity index (χ1v) is 13.7. The predicted molar refractivity (Wildman–Crippen MR) is 155 cm³/mol. The highest BCUT2D eigenvalue weighted by Gasteiger charge is 2.33. The van der Waals surface area contributed by atoms with Crippen molar-refractivity contribution in [3.8, 4) is 17.0 Å². The van der Waals surface area contributed by atoms with Crippen molar-refractivity contribution in [3.63, 3.8) is 0 Å². The van der Waals surface area contributed by atoms with Gasteiger partial charge in [-0.1, -0.05) is 60.7 Å². The zero-order chi connectivity index (χ0) is 26.8. The van der Waals surface area contributed by atoms with Crippen LogP contribution < -0.4 is 4.74 Å². The summed E-state index contributed by atoms with van der Waals surface area (Å²) in [6, 6.07) is 31.9. The van der Waals surface area contributed by atoms with E-state index in [1.807, 2.05) is 60.7 Å². The summed E-state index contributed by atoms with van der Waals surface area (Å²) in [6.07, 6.45) is 0.538. The quantitative estimate of drug-likeness (QED) is 0.220. The number of fused-ring (bicyclic) bond motifs is 1. The Hall–Kier alpha value is -4.36. The van der Waals surface area contributed by atoms with Gasteiger partial charge in [-0.15, -0.1) is 11.8 Å². The predicted octanol–water partition coefficient (Wildman–Crippen LogP) is 7.45. The fourth-order valence-corrected chi connectivity index (χ4v) is 5.96. The van der Waals surface area contributed by atoms with Gasteiger partial charge in [0.2, 0.25) is 0 Å². The first-order valence-electron chi connectivity index (χ1n) is 12.7. The molecule has 1 N–H and O–H groups in total. The third kappa shape index (κ3) is 5.05. The Bertz CT molecular complexity index is 1650. The van der Waals surface area contributed by atoms with Crippen LogP contribution in [0.5, 0.6) is 5.75 Å². The normalized spacial score (nSPS) is 15.0. The zero-order valence-corrected chi connectivity index (χ0v) is 22.1. The van der Waals surface area contributed by atoms with E-state index in [-0.39, 0.29) is 23.5 Å². The second kappa shape index (κ2) is 10.8. The van der Waals surface area contributed by atoms with Gasteiger partial charge in [0.15, 0.2) is 0 Å². The molecule has 1 amide bonds. The van der Waals surface area contributed by atoms with Crippen LogP contribution in [0.2, 0.25) is 0 Å². The largest absolute Gasteiger partial charge is 0.497 e. The van der Waals surface area contributed by atoms with Gasteiger partial charge in [-0.25, -0.2) is 9.40 Å². The van der Waals surface area contributed by atoms with Crippen LogP contribution in [0.15, 0.2) is 113 Å². The number of rotatable bonds is 7. The van der Waals surface area contributed by atoms with Crippen molar-refractivity contribution in [1.29, 1.82) is 0 Å². The molecule has 0 saturated heterocycles. The Labute approximate surface area is 230 Å². The molecule has 0 radical (unpaired) electrons. The van der Waals surface area contributed by atoms with Crippen molar-refractivity contribution in [2.75, 3.05) is 12.9 Å². The number of aromatic nitrogens is 1. The standard InChI is InChI=1S/C32H26FN3O2S/c1-38-25-17-13-21(14-18-25)28-19-29(22-11-15-24(33)16-12-22)36(35-28)30(37)20-39-32-26-9-5-6-10-27(26)34-31(32)23-7-3-2-4-8-23/h2-18,29,34H,19-20H2,1H3. The molecule has 5 nitrogen and oxygen atoms in total. The average Bonchev–Trinajstić information content (AvgIpc) is 3.59. The van der Waals surface area contributed by atoms with E-state index in [0.29, 0.717) is 6.42 Å². The number of carbonyl (C=O) groups excluding carboxylic acids is 1. The maximum absolute atomic E-state index is 13.7. The van der Waals surface area contributed by atoms with Gasteiger partial charge in [0.25, 0.3) is 5.91 Å². The first kappa shape index (κ1) is 24.9. The van der Waals surface area contributed by atoms with E-state index in [0.717, 1.165) is 49.6 Å². The summed E-state index contributed by atoms with van der Waals surface area (Å²) >= 11 is 1.51. The highest BCUT2D eigenvalue weighted by molar-refractivity contribution is 8.00. The fourth-order valence-electron chi connectivity index (χ4n) is 4.92. The number of hydrogen-bond donors (Lipinski definition) is 1. The Kier molecular flexibility index (Phi) is 6.90. The zero-order valence-electron chi connectivity index (χ0n) is 21.3. The van der Waals surface area contributed by atoms with Crippen molar-refractivity contribution in [1.82, 2.24) is 9.99 Å². The maximum atomic E-state index is 13.7. The number of benzene rings is 4. The SMILES string of the molecule is COc1ccc(C2=NN(C(=O)CSc3c(-c4ccccc4)[nH]c4ccccc34)C(c3ccc(F)cc3)C2)cc1. The number of thioether (sulfide) groups is 1. The number of para-hydroxylation sites is 1. The van der Waals surface area contributed by atoms with Crippen molar-refractivity contribution in [2.45, 2.75) is 17.4 Å². The van der Waals surface area contributed by atoms with Crippen LogP contribution in [0, 0.1) is 5.82 Å². The molecule has 1 aromatic heterocycles. The smallest absolute Gasteiger partial charge is 0.253 e. The Morgan fingerprint density at radius 2 is 1.67 bits per heavy atom. The Morgan fingerprint density at radius 3 is 2.41 bits per heavy atom. The molecule has 1 aliphatic heterocycles. The number of aromatic amines is 1. The van der Waals surface area contributed by atoms with Crippen LogP contribution in [-0.4, -0.2) is 34.5 Å². The molecule has 1 aliphatic rings. The molecule has 0 saturated carbocycles. The third-order valence-corrected chi connectivity index (χ3v) is 8.01. The summed E-state index contributed by atoms with van der Waals surface area (Å²) in [5, 5.41) is 7.42. The molecule has 6 rings (SSSR count). The van der Waals surface area contributed by atoms with Crippen LogP contribution in [-0.2, 0) is 4.79 Å². The highest BCUT2D eigenvalue weighted by atomic mass is 32.2.